The van der Waals surface area contributed by atoms with E-state index < -0.39 is 0 Å². The smallest absolute Gasteiger partial charge is 0.156 e. The van der Waals surface area contributed by atoms with Crippen LogP contribution in [-0.4, -0.2) is 16.3 Å². The second-order valence-electron chi connectivity index (χ2n) is 4.66. The molecule has 0 aliphatic carbocycles. The molecule has 0 bridgehead atoms. The van der Waals surface area contributed by atoms with Crippen LogP contribution in [0.3, 0.4) is 0 Å². The molecule has 5 heteroatoms. The molecule has 0 saturated heterocycles. The highest BCUT2D eigenvalue weighted by Gasteiger charge is 2.07. The van der Waals surface area contributed by atoms with Crippen LogP contribution >= 0.6 is 15.9 Å². The van der Waals surface area contributed by atoms with E-state index in [4.69, 9.17) is 0 Å². The number of aldehydes is 1. The molecule has 4 nitrogen and oxygen atoms in total. The molecule has 1 aromatic carbocycles. The number of carbonyl (C=O) groups is 1. The molecule has 23 heavy (non-hydrogen) atoms. The maximum absolute atomic E-state index is 10.8. The second-order valence-corrected chi connectivity index (χ2v) is 5.51. The molecule has 0 aliphatic heterocycles. The fourth-order valence-corrected chi connectivity index (χ4v) is 2.47. The van der Waals surface area contributed by atoms with Gasteiger partial charge in [0.2, 0.25) is 0 Å². The summed E-state index contributed by atoms with van der Waals surface area (Å²) in [6, 6.07) is 9.58. The fraction of sp³-hybridized carbons (Fsp3) is 0.167. The van der Waals surface area contributed by atoms with E-state index in [1.165, 1.54) is 0 Å². The summed E-state index contributed by atoms with van der Waals surface area (Å²) in [5, 5.41) is 4.18. The molecule has 0 amide bonds. The molecule has 0 aliphatic rings. The Kier molecular flexibility index (Phi) is 5.82. The molecule has 2 aromatic heterocycles. The lowest BCUT2D eigenvalue weighted by Gasteiger charge is -2.11. The lowest BCUT2D eigenvalue weighted by Crippen LogP contribution is -1.98. The molecule has 0 atom stereocenters. The zero-order valence-corrected chi connectivity index (χ0v) is 14.9. The number of nitrogens with one attached hydrogen (secondary N) is 1. The van der Waals surface area contributed by atoms with Gasteiger partial charge in [-0.3, -0.25) is 9.78 Å². The first kappa shape index (κ1) is 17.1. The van der Waals surface area contributed by atoms with Gasteiger partial charge in [0.15, 0.2) is 12.1 Å². The third-order valence-corrected chi connectivity index (χ3v) is 4.14. The highest BCUT2D eigenvalue weighted by molar-refractivity contribution is 9.10. The van der Waals surface area contributed by atoms with E-state index in [1.54, 1.807) is 18.5 Å². The van der Waals surface area contributed by atoms with E-state index in [-0.39, 0.29) is 0 Å². The third-order valence-electron chi connectivity index (χ3n) is 3.28. The molecule has 2 heterocycles. The quantitative estimate of drug-likeness (QED) is 0.636. The summed E-state index contributed by atoms with van der Waals surface area (Å²) in [7, 11) is 0. The SMILES string of the molecule is CC.Cc1c(Br)cccc1Nc1nccc2cc(C=O)cnc12. The Hall–Kier alpha value is -2.27. The van der Waals surface area contributed by atoms with Crippen molar-refractivity contribution in [2.45, 2.75) is 20.8 Å². The molecule has 1 N–H and O–H groups in total. The molecule has 0 saturated carbocycles. The first-order valence-electron chi connectivity index (χ1n) is 7.41. The van der Waals surface area contributed by atoms with Crippen LogP contribution in [-0.2, 0) is 0 Å². The van der Waals surface area contributed by atoms with Crippen molar-refractivity contribution in [3.05, 3.63) is 58.3 Å². The van der Waals surface area contributed by atoms with Crippen LogP contribution in [0.1, 0.15) is 29.8 Å². The molecule has 118 valence electrons. The standard InChI is InChI=1S/C16H12BrN3O.C2H6/c1-10-13(17)3-2-4-14(10)20-16-15-12(5-6-18-16)7-11(9-21)8-19-15;1-2/h2-9H,1H3,(H,18,20);1-2H3. The molecule has 0 fully saturated rings. The molecule has 0 radical (unpaired) electrons. The van der Waals surface area contributed by atoms with E-state index in [0.29, 0.717) is 11.4 Å². The Balaban J connectivity index is 0.000000924. The summed E-state index contributed by atoms with van der Waals surface area (Å²) >= 11 is 3.51. The zero-order valence-electron chi connectivity index (χ0n) is 13.3. The molecule has 0 spiro atoms. The number of nitrogens with zero attached hydrogens (tertiary/aromatic N) is 2. The minimum absolute atomic E-state index is 0.554. The summed E-state index contributed by atoms with van der Waals surface area (Å²) < 4.78 is 1.03. The zero-order chi connectivity index (χ0) is 16.8. The van der Waals surface area contributed by atoms with E-state index in [0.717, 1.165) is 32.9 Å². The van der Waals surface area contributed by atoms with Crippen molar-refractivity contribution in [1.29, 1.82) is 0 Å². The molecular weight excluding hydrogens is 354 g/mol. The van der Waals surface area contributed by atoms with E-state index in [2.05, 4.69) is 31.2 Å². The van der Waals surface area contributed by atoms with Gasteiger partial charge in [-0.05, 0) is 36.8 Å². The summed E-state index contributed by atoms with van der Waals surface area (Å²) in [6.45, 7) is 6.02. The monoisotopic (exact) mass is 371 g/mol. The van der Waals surface area contributed by atoms with Crippen LogP contribution in [0.15, 0.2) is 47.2 Å². The minimum atomic E-state index is 0.554. The molecular formula is C18H18BrN3O. The van der Waals surface area contributed by atoms with E-state index in [9.17, 15) is 4.79 Å². The Morgan fingerprint density at radius 1 is 1.17 bits per heavy atom. The summed E-state index contributed by atoms with van der Waals surface area (Å²) in [4.78, 5) is 19.5. The topological polar surface area (TPSA) is 54.9 Å². The van der Waals surface area contributed by atoms with Gasteiger partial charge in [0.05, 0.1) is 0 Å². The summed E-state index contributed by atoms with van der Waals surface area (Å²) in [6.07, 6.45) is 4.04. The van der Waals surface area contributed by atoms with Crippen molar-refractivity contribution in [2.75, 3.05) is 5.32 Å². The number of hydrogen-bond donors (Lipinski definition) is 1. The van der Waals surface area contributed by atoms with Crippen LogP contribution < -0.4 is 5.32 Å². The van der Waals surface area contributed by atoms with Gasteiger partial charge in [0, 0.05) is 33.5 Å². The van der Waals surface area contributed by atoms with Gasteiger partial charge >= 0.3 is 0 Å². The number of hydrogen-bond acceptors (Lipinski definition) is 4. The van der Waals surface area contributed by atoms with Gasteiger partial charge in [0.25, 0.3) is 0 Å². The van der Waals surface area contributed by atoms with Crippen molar-refractivity contribution in [1.82, 2.24) is 9.97 Å². The molecule has 3 rings (SSSR count). The average molecular weight is 372 g/mol. The Morgan fingerprint density at radius 2 is 1.96 bits per heavy atom. The van der Waals surface area contributed by atoms with Crippen LogP contribution in [0.25, 0.3) is 10.9 Å². The lowest BCUT2D eigenvalue weighted by atomic mass is 10.2. The number of carbonyl (C=O) groups excluding carboxylic acids is 1. The van der Waals surface area contributed by atoms with Crippen LogP contribution in [0.5, 0.6) is 0 Å². The summed E-state index contributed by atoms with van der Waals surface area (Å²) in [5.74, 6) is 0.672. The van der Waals surface area contributed by atoms with Crippen molar-refractivity contribution in [3.63, 3.8) is 0 Å². The normalized spacial score (nSPS) is 9.91. The van der Waals surface area contributed by atoms with Crippen LogP contribution in [0.4, 0.5) is 11.5 Å². The lowest BCUT2D eigenvalue weighted by molar-refractivity contribution is 0.112. The Bertz CT molecular complexity index is 834. The fourth-order valence-electron chi connectivity index (χ4n) is 2.10. The maximum Gasteiger partial charge on any atom is 0.156 e. The number of aromatic nitrogens is 2. The van der Waals surface area contributed by atoms with Gasteiger partial charge < -0.3 is 5.32 Å². The molecule has 3 aromatic rings. The van der Waals surface area contributed by atoms with Gasteiger partial charge in [-0.15, -0.1) is 0 Å². The van der Waals surface area contributed by atoms with Crippen LogP contribution in [0, 0.1) is 6.92 Å². The van der Waals surface area contributed by atoms with Crippen LogP contribution in [0.2, 0.25) is 0 Å². The number of fused-ring (bicyclic) bond motifs is 1. The Labute approximate surface area is 144 Å². The van der Waals surface area contributed by atoms with Crippen molar-refractivity contribution in [3.8, 4) is 0 Å². The maximum atomic E-state index is 10.8. The van der Waals surface area contributed by atoms with Gasteiger partial charge in [-0.2, -0.15) is 0 Å². The minimum Gasteiger partial charge on any atom is -0.338 e. The highest BCUT2D eigenvalue weighted by atomic mass is 79.9. The van der Waals surface area contributed by atoms with E-state index in [1.807, 2.05) is 45.0 Å². The number of anilines is 2. The number of halogens is 1. The van der Waals surface area contributed by atoms with Crippen molar-refractivity contribution < 1.29 is 4.79 Å². The van der Waals surface area contributed by atoms with Crippen molar-refractivity contribution in [2.24, 2.45) is 0 Å². The molecule has 0 unspecified atom stereocenters. The first-order valence-corrected chi connectivity index (χ1v) is 8.20. The summed E-state index contributed by atoms with van der Waals surface area (Å²) in [5.41, 5.74) is 3.35. The van der Waals surface area contributed by atoms with Crippen molar-refractivity contribution >= 4 is 44.6 Å². The Morgan fingerprint density at radius 3 is 2.70 bits per heavy atom. The predicted octanol–water partition coefficient (Wildman–Crippen LogP) is 5.28. The third kappa shape index (κ3) is 3.74. The number of benzene rings is 1. The first-order chi connectivity index (χ1) is 11.2. The van der Waals surface area contributed by atoms with E-state index >= 15 is 0 Å². The van der Waals surface area contributed by atoms with Gasteiger partial charge in [0.1, 0.15) is 5.52 Å². The second kappa shape index (κ2) is 7.83. The van der Waals surface area contributed by atoms with Gasteiger partial charge in [-0.1, -0.05) is 35.8 Å². The predicted molar refractivity (Wildman–Crippen MR) is 98.4 cm³/mol. The van der Waals surface area contributed by atoms with Gasteiger partial charge in [-0.25, -0.2) is 4.98 Å². The number of rotatable bonds is 3. The largest absolute Gasteiger partial charge is 0.338 e. The number of pyridine rings is 2. The average Bonchev–Trinajstić information content (AvgIpc) is 2.60. The highest BCUT2D eigenvalue weighted by Crippen LogP contribution is 2.28.